The maximum atomic E-state index is 13.2. The lowest BCUT2D eigenvalue weighted by molar-refractivity contribution is 0.622. The van der Waals surface area contributed by atoms with E-state index in [2.05, 4.69) is 18.2 Å². The largest absolute Gasteiger partial charge is 0.324 e. The molecule has 3 rings (SSSR count). The summed E-state index contributed by atoms with van der Waals surface area (Å²) in [5.74, 6) is -0.215. The van der Waals surface area contributed by atoms with Crippen LogP contribution in [0.3, 0.4) is 0 Å². The SMILES string of the molecule is NC(Cc1cccc(F)c1)c1cccc2ccccc12. The maximum Gasteiger partial charge on any atom is 0.123 e. The first-order valence-corrected chi connectivity index (χ1v) is 6.72. The molecular formula is C18H16FN. The Labute approximate surface area is 117 Å². The first-order chi connectivity index (χ1) is 9.74. The zero-order valence-corrected chi connectivity index (χ0v) is 11.1. The van der Waals surface area contributed by atoms with Gasteiger partial charge in [-0.1, -0.05) is 54.6 Å². The van der Waals surface area contributed by atoms with Crippen LogP contribution in [0.4, 0.5) is 4.39 Å². The molecule has 3 aromatic carbocycles. The monoisotopic (exact) mass is 265 g/mol. The molecule has 0 aliphatic carbocycles. The fraction of sp³-hybridized carbons (Fsp3) is 0.111. The highest BCUT2D eigenvalue weighted by atomic mass is 19.1. The number of benzene rings is 3. The predicted molar refractivity (Wildman–Crippen MR) is 81.0 cm³/mol. The Kier molecular flexibility index (Phi) is 3.48. The molecule has 2 heteroatoms. The molecule has 0 saturated heterocycles. The van der Waals surface area contributed by atoms with Gasteiger partial charge in [-0.15, -0.1) is 0 Å². The van der Waals surface area contributed by atoms with Gasteiger partial charge in [-0.05, 0) is 40.5 Å². The second kappa shape index (κ2) is 5.43. The van der Waals surface area contributed by atoms with Gasteiger partial charge in [0.1, 0.15) is 5.82 Å². The molecule has 0 aliphatic heterocycles. The summed E-state index contributed by atoms with van der Waals surface area (Å²) in [7, 11) is 0. The molecule has 1 atom stereocenters. The van der Waals surface area contributed by atoms with Gasteiger partial charge in [0, 0.05) is 6.04 Å². The Morgan fingerprint density at radius 1 is 0.900 bits per heavy atom. The van der Waals surface area contributed by atoms with Crippen LogP contribution in [0.25, 0.3) is 10.8 Å². The predicted octanol–water partition coefficient (Wildman–Crippen LogP) is 4.22. The summed E-state index contributed by atoms with van der Waals surface area (Å²) in [6.07, 6.45) is 0.631. The van der Waals surface area contributed by atoms with Crippen molar-refractivity contribution in [1.82, 2.24) is 0 Å². The molecule has 0 amide bonds. The highest BCUT2D eigenvalue weighted by Crippen LogP contribution is 2.25. The van der Waals surface area contributed by atoms with Crippen LogP contribution in [-0.2, 0) is 6.42 Å². The van der Waals surface area contributed by atoms with E-state index in [1.165, 1.54) is 16.8 Å². The molecule has 0 spiro atoms. The number of rotatable bonds is 3. The average Bonchev–Trinajstić information content (AvgIpc) is 2.46. The summed E-state index contributed by atoms with van der Waals surface area (Å²) < 4.78 is 13.2. The van der Waals surface area contributed by atoms with Crippen molar-refractivity contribution in [1.29, 1.82) is 0 Å². The van der Waals surface area contributed by atoms with Gasteiger partial charge in [0.15, 0.2) is 0 Å². The lowest BCUT2D eigenvalue weighted by atomic mass is 9.95. The van der Waals surface area contributed by atoms with Crippen molar-refractivity contribution >= 4 is 10.8 Å². The van der Waals surface area contributed by atoms with Crippen molar-refractivity contribution in [2.24, 2.45) is 5.73 Å². The molecule has 1 nitrogen and oxygen atoms in total. The summed E-state index contributed by atoms with van der Waals surface area (Å²) in [4.78, 5) is 0. The Balaban J connectivity index is 1.94. The van der Waals surface area contributed by atoms with Gasteiger partial charge in [0.05, 0.1) is 0 Å². The standard InChI is InChI=1S/C18H16FN/c19-15-8-3-5-13(11-15)12-18(20)17-10-4-7-14-6-1-2-9-16(14)17/h1-11,18H,12,20H2. The lowest BCUT2D eigenvalue weighted by Crippen LogP contribution is -2.13. The second-order valence-corrected chi connectivity index (χ2v) is 5.01. The van der Waals surface area contributed by atoms with Gasteiger partial charge in [0.25, 0.3) is 0 Å². The van der Waals surface area contributed by atoms with E-state index < -0.39 is 0 Å². The van der Waals surface area contributed by atoms with Gasteiger partial charge in [-0.3, -0.25) is 0 Å². The summed E-state index contributed by atoms with van der Waals surface area (Å²) in [6.45, 7) is 0. The number of nitrogens with two attached hydrogens (primary N) is 1. The Hall–Kier alpha value is -2.19. The van der Waals surface area contributed by atoms with Crippen LogP contribution in [0, 0.1) is 5.82 Å². The van der Waals surface area contributed by atoms with Crippen molar-refractivity contribution in [3.63, 3.8) is 0 Å². The maximum absolute atomic E-state index is 13.2. The molecule has 100 valence electrons. The molecule has 2 N–H and O–H groups in total. The third-order valence-corrected chi connectivity index (χ3v) is 3.57. The number of fused-ring (bicyclic) bond motifs is 1. The average molecular weight is 265 g/mol. The van der Waals surface area contributed by atoms with Crippen molar-refractivity contribution < 1.29 is 4.39 Å². The molecular weight excluding hydrogens is 249 g/mol. The van der Waals surface area contributed by atoms with Crippen LogP contribution >= 0.6 is 0 Å². The molecule has 1 unspecified atom stereocenters. The Morgan fingerprint density at radius 3 is 2.50 bits per heavy atom. The third kappa shape index (κ3) is 2.56. The fourth-order valence-corrected chi connectivity index (χ4v) is 2.60. The van der Waals surface area contributed by atoms with Crippen molar-refractivity contribution in [3.8, 4) is 0 Å². The summed E-state index contributed by atoms with van der Waals surface area (Å²) in [5.41, 5.74) is 8.35. The van der Waals surface area contributed by atoms with Crippen LogP contribution < -0.4 is 5.73 Å². The molecule has 0 bridgehead atoms. The number of halogens is 1. The summed E-state index contributed by atoms with van der Waals surface area (Å²) in [5, 5.41) is 2.35. The summed E-state index contributed by atoms with van der Waals surface area (Å²) >= 11 is 0. The number of hydrogen-bond acceptors (Lipinski definition) is 1. The summed E-state index contributed by atoms with van der Waals surface area (Å²) in [6, 6.07) is 20.8. The van der Waals surface area contributed by atoms with Crippen LogP contribution in [0.2, 0.25) is 0 Å². The first-order valence-electron chi connectivity index (χ1n) is 6.72. The van der Waals surface area contributed by atoms with E-state index in [0.717, 1.165) is 11.1 Å². The van der Waals surface area contributed by atoms with Crippen molar-refractivity contribution in [2.75, 3.05) is 0 Å². The van der Waals surface area contributed by atoms with Crippen LogP contribution in [-0.4, -0.2) is 0 Å². The van der Waals surface area contributed by atoms with E-state index >= 15 is 0 Å². The zero-order chi connectivity index (χ0) is 13.9. The minimum Gasteiger partial charge on any atom is -0.324 e. The third-order valence-electron chi connectivity index (χ3n) is 3.57. The van der Waals surface area contributed by atoms with Crippen LogP contribution in [0.5, 0.6) is 0 Å². The lowest BCUT2D eigenvalue weighted by Gasteiger charge is -2.15. The molecule has 0 heterocycles. The van der Waals surface area contributed by atoms with Crippen LogP contribution in [0.1, 0.15) is 17.2 Å². The van der Waals surface area contributed by atoms with E-state index in [9.17, 15) is 4.39 Å². The van der Waals surface area contributed by atoms with E-state index in [0.29, 0.717) is 6.42 Å². The molecule has 0 saturated carbocycles. The zero-order valence-electron chi connectivity index (χ0n) is 11.1. The van der Waals surface area contributed by atoms with Gasteiger partial charge in [-0.25, -0.2) is 4.39 Å². The molecule has 0 radical (unpaired) electrons. The smallest absolute Gasteiger partial charge is 0.123 e. The molecule has 0 fully saturated rings. The molecule has 0 aromatic heterocycles. The first kappa shape index (κ1) is 12.8. The van der Waals surface area contributed by atoms with Crippen molar-refractivity contribution in [2.45, 2.75) is 12.5 Å². The van der Waals surface area contributed by atoms with Gasteiger partial charge in [0.2, 0.25) is 0 Å². The van der Waals surface area contributed by atoms with E-state index in [1.807, 2.05) is 30.3 Å². The van der Waals surface area contributed by atoms with E-state index in [-0.39, 0.29) is 11.9 Å². The van der Waals surface area contributed by atoms with Gasteiger partial charge >= 0.3 is 0 Å². The normalized spacial score (nSPS) is 12.5. The minimum absolute atomic E-state index is 0.136. The van der Waals surface area contributed by atoms with E-state index in [4.69, 9.17) is 5.73 Å². The minimum atomic E-state index is -0.215. The topological polar surface area (TPSA) is 26.0 Å². The van der Waals surface area contributed by atoms with E-state index in [1.54, 1.807) is 12.1 Å². The van der Waals surface area contributed by atoms with Crippen LogP contribution in [0.15, 0.2) is 66.7 Å². The number of hydrogen-bond donors (Lipinski definition) is 1. The highest BCUT2D eigenvalue weighted by Gasteiger charge is 2.10. The quantitative estimate of drug-likeness (QED) is 0.753. The Morgan fingerprint density at radius 2 is 1.65 bits per heavy atom. The fourth-order valence-electron chi connectivity index (χ4n) is 2.60. The van der Waals surface area contributed by atoms with Gasteiger partial charge < -0.3 is 5.73 Å². The molecule has 3 aromatic rings. The van der Waals surface area contributed by atoms with Gasteiger partial charge in [-0.2, -0.15) is 0 Å². The Bertz CT molecular complexity index is 731. The second-order valence-electron chi connectivity index (χ2n) is 5.01. The highest BCUT2D eigenvalue weighted by molar-refractivity contribution is 5.86. The molecule has 20 heavy (non-hydrogen) atoms. The molecule has 0 aliphatic rings. The van der Waals surface area contributed by atoms with Crippen molar-refractivity contribution in [3.05, 3.63) is 83.7 Å².